The molecule has 0 aliphatic carbocycles. The van der Waals surface area contributed by atoms with Crippen molar-refractivity contribution in [1.29, 1.82) is 0 Å². The average molecular weight is 388 g/mol. The first-order chi connectivity index (χ1) is 12.9. The molecule has 1 aliphatic heterocycles. The number of hydrogen-bond donors (Lipinski definition) is 0. The molecule has 0 radical (unpaired) electrons. The Balaban J connectivity index is 1.58. The van der Waals surface area contributed by atoms with Gasteiger partial charge in [-0.15, -0.1) is 0 Å². The maximum atomic E-state index is 12.8. The van der Waals surface area contributed by atoms with Crippen LogP contribution in [-0.4, -0.2) is 30.6 Å². The molecular weight excluding hydrogens is 366 g/mol. The van der Waals surface area contributed by atoms with Crippen LogP contribution in [0.4, 0.5) is 5.69 Å². The molecule has 0 aromatic heterocycles. The summed E-state index contributed by atoms with van der Waals surface area (Å²) in [5, 5.41) is 0.629. The second-order valence-corrected chi connectivity index (χ2v) is 7.13. The van der Waals surface area contributed by atoms with Gasteiger partial charge >= 0.3 is 5.97 Å². The Morgan fingerprint density at radius 3 is 2.74 bits per heavy atom. The van der Waals surface area contributed by atoms with Crippen molar-refractivity contribution in [3.05, 3.63) is 58.6 Å². The summed E-state index contributed by atoms with van der Waals surface area (Å²) in [7, 11) is 0. The molecule has 2 aromatic rings. The number of anilines is 1. The van der Waals surface area contributed by atoms with E-state index >= 15 is 0 Å². The molecule has 1 amide bonds. The van der Waals surface area contributed by atoms with E-state index in [1.165, 1.54) is 0 Å². The third kappa shape index (κ3) is 4.25. The third-order valence-corrected chi connectivity index (χ3v) is 5.01. The van der Waals surface area contributed by atoms with Crippen LogP contribution in [0.3, 0.4) is 0 Å². The van der Waals surface area contributed by atoms with Crippen LogP contribution in [0.5, 0.6) is 5.75 Å². The topological polar surface area (TPSA) is 55.8 Å². The summed E-state index contributed by atoms with van der Waals surface area (Å²) in [6.45, 7) is 5.15. The Morgan fingerprint density at radius 2 is 2.00 bits per heavy atom. The summed E-state index contributed by atoms with van der Waals surface area (Å²) in [6.07, 6.45) is -0.0941. The quantitative estimate of drug-likeness (QED) is 0.729. The van der Waals surface area contributed by atoms with Crippen molar-refractivity contribution >= 4 is 29.2 Å². The van der Waals surface area contributed by atoms with Crippen molar-refractivity contribution in [2.45, 2.75) is 39.3 Å². The van der Waals surface area contributed by atoms with E-state index in [1.807, 2.05) is 38.1 Å². The third-order valence-electron chi connectivity index (χ3n) is 4.59. The zero-order valence-corrected chi connectivity index (χ0v) is 16.3. The number of amides is 1. The molecule has 1 aliphatic rings. The summed E-state index contributed by atoms with van der Waals surface area (Å²) < 4.78 is 10.7. The molecule has 0 unspecified atom stereocenters. The minimum Gasteiger partial charge on any atom is -0.482 e. The van der Waals surface area contributed by atoms with E-state index in [0.29, 0.717) is 10.8 Å². The molecular formula is C21H22ClNO4. The predicted octanol–water partition coefficient (Wildman–Crippen LogP) is 3.94. The minimum atomic E-state index is -0.887. The van der Waals surface area contributed by atoms with Crippen molar-refractivity contribution in [2.24, 2.45) is 0 Å². The van der Waals surface area contributed by atoms with E-state index in [4.69, 9.17) is 21.1 Å². The van der Waals surface area contributed by atoms with Gasteiger partial charge in [-0.2, -0.15) is 0 Å². The van der Waals surface area contributed by atoms with Crippen LogP contribution in [0.2, 0.25) is 5.02 Å². The maximum Gasteiger partial charge on any atom is 0.344 e. The van der Waals surface area contributed by atoms with Crippen molar-refractivity contribution in [3.8, 4) is 5.75 Å². The van der Waals surface area contributed by atoms with E-state index in [1.54, 1.807) is 30.0 Å². The van der Waals surface area contributed by atoms with Gasteiger partial charge in [-0.25, -0.2) is 4.79 Å². The highest BCUT2D eigenvalue weighted by molar-refractivity contribution is 6.31. The molecule has 6 heteroatoms. The van der Waals surface area contributed by atoms with Crippen LogP contribution in [0, 0.1) is 6.92 Å². The van der Waals surface area contributed by atoms with Crippen molar-refractivity contribution in [3.63, 3.8) is 0 Å². The number of esters is 1. The van der Waals surface area contributed by atoms with Gasteiger partial charge in [-0.05, 0) is 62.6 Å². The number of fused-ring (bicyclic) bond motifs is 1. The molecule has 0 saturated heterocycles. The minimum absolute atomic E-state index is 0.0318. The van der Waals surface area contributed by atoms with E-state index < -0.39 is 12.1 Å². The maximum absolute atomic E-state index is 12.8. The molecule has 27 heavy (non-hydrogen) atoms. The van der Waals surface area contributed by atoms with Crippen LogP contribution in [0.1, 0.15) is 25.0 Å². The Morgan fingerprint density at radius 1 is 1.26 bits per heavy atom. The largest absolute Gasteiger partial charge is 0.482 e. The number of carbonyl (C=O) groups is 2. The molecule has 0 spiro atoms. The van der Waals surface area contributed by atoms with Crippen molar-refractivity contribution in [1.82, 2.24) is 0 Å². The lowest BCUT2D eigenvalue weighted by Crippen LogP contribution is -2.43. The lowest BCUT2D eigenvalue weighted by Gasteiger charge is -2.25. The van der Waals surface area contributed by atoms with Gasteiger partial charge in [-0.1, -0.05) is 29.8 Å². The second kappa shape index (κ2) is 8.01. The number of nitrogens with zero attached hydrogens (tertiary/aromatic N) is 1. The summed E-state index contributed by atoms with van der Waals surface area (Å²) in [5.74, 6) is -0.304. The molecule has 2 atom stereocenters. The summed E-state index contributed by atoms with van der Waals surface area (Å²) in [6, 6.07) is 12.9. The van der Waals surface area contributed by atoms with E-state index in [-0.39, 0.29) is 18.6 Å². The van der Waals surface area contributed by atoms with Gasteiger partial charge in [-0.3, -0.25) is 4.79 Å². The molecule has 1 heterocycles. The zero-order chi connectivity index (χ0) is 19.6. The first-order valence-corrected chi connectivity index (χ1v) is 9.24. The van der Waals surface area contributed by atoms with Gasteiger partial charge in [0.15, 0.2) is 12.7 Å². The van der Waals surface area contributed by atoms with E-state index in [9.17, 15) is 9.59 Å². The fourth-order valence-electron chi connectivity index (χ4n) is 3.23. The summed E-state index contributed by atoms with van der Waals surface area (Å²) >= 11 is 5.97. The summed E-state index contributed by atoms with van der Waals surface area (Å²) in [4.78, 5) is 26.6. The summed E-state index contributed by atoms with van der Waals surface area (Å²) in [5.41, 5.74) is 2.86. The lowest BCUT2D eigenvalue weighted by atomic mass is 10.1. The first-order valence-electron chi connectivity index (χ1n) is 8.86. The van der Waals surface area contributed by atoms with Crippen molar-refractivity contribution < 1.29 is 19.1 Å². The van der Waals surface area contributed by atoms with Crippen LogP contribution < -0.4 is 9.64 Å². The second-order valence-electron chi connectivity index (χ2n) is 6.72. The average Bonchev–Trinajstić information content (AvgIpc) is 2.97. The molecule has 0 fully saturated rings. The fraction of sp³-hybridized carbons (Fsp3) is 0.333. The number of rotatable bonds is 5. The lowest BCUT2D eigenvalue weighted by molar-refractivity contribution is -0.155. The number of ether oxygens (including phenoxy) is 2. The molecule has 0 bridgehead atoms. The number of hydrogen-bond acceptors (Lipinski definition) is 4. The first kappa shape index (κ1) is 19.2. The fourth-order valence-corrected chi connectivity index (χ4v) is 3.35. The number of halogens is 1. The van der Waals surface area contributed by atoms with Gasteiger partial charge in [0.25, 0.3) is 5.91 Å². The monoisotopic (exact) mass is 387 g/mol. The molecule has 0 N–H and O–H groups in total. The van der Waals surface area contributed by atoms with Crippen molar-refractivity contribution in [2.75, 3.05) is 11.5 Å². The molecule has 5 nitrogen and oxygen atoms in total. The van der Waals surface area contributed by atoms with Gasteiger partial charge in [0.1, 0.15) is 5.75 Å². The zero-order valence-electron chi connectivity index (χ0n) is 15.6. The van der Waals surface area contributed by atoms with Gasteiger partial charge in [0.2, 0.25) is 0 Å². The van der Waals surface area contributed by atoms with E-state index in [0.717, 1.165) is 23.2 Å². The SMILES string of the molecule is Cc1cc(OCC(=O)O[C@H](C)C(=O)N2c3ccccc3C[C@@H]2C)ccc1Cl. The van der Waals surface area contributed by atoms with E-state index in [2.05, 4.69) is 0 Å². The van der Waals surface area contributed by atoms with Crippen LogP contribution in [0.15, 0.2) is 42.5 Å². The molecule has 3 rings (SSSR count). The Labute approximate surface area is 163 Å². The smallest absolute Gasteiger partial charge is 0.344 e. The highest BCUT2D eigenvalue weighted by atomic mass is 35.5. The van der Waals surface area contributed by atoms with Gasteiger partial charge in [0.05, 0.1) is 0 Å². The van der Waals surface area contributed by atoms with Gasteiger partial charge < -0.3 is 14.4 Å². The molecule has 142 valence electrons. The van der Waals surface area contributed by atoms with Crippen LogP contribution in [0.25, 0.3) is 0 Å². The number of para-hydroxylation sites is 1. The Hall–Kier alpha value is -2.53. The molecule has 0 saturated carbocycles. The normalized spacial score (nSPS) is 16.6. The predicted molar refractivity (Wildman–Crippen MR) is 104 cm³/mol. The Bertz CT molecular complexity index is 867. The molecule has 2 aromatic carbocycles. The van der Waals surface area contributed by atoms with Gasteiger partial charge in [0, 0.05) is 16.8 Å². The van der Waals surface area contributed by atoms with Crippen LogP contribution in [-0.2, 0) is 20.7 Å². The highest BCUT2D eigenvalue weighted by Gasteiger charge is 2.34. The highest BCUT2D eigenvalue weighted by Crippen LogP contribution is 2.32. The number of benzene rings is 2. The standard InChI is InChI=1S/C21H22ClNO4/c1-13-10-17(8-9-18(13)22)26-12-20(24)27-15(3)21(25)23-14(2)11-16-6-4-5-7-19(16)23/h4-10,14-15H,11-12H2,1-3H3/t14-,15+/m0/s1. The number of aryl methyl sites for hydroxylation is 1. The van der Waals surface area contributed by atoms with Crippen LogP contribution >= 0.6 is 11.6 Å². The Kier molecular flexibility index (Phi) is 5.71. The number of carbonyl (C=O) groups excluding carboxylic acids is 2.